The highest BCUT2D eigenvalue weighted by molar-refractivity contribution is 6.10. The minimum atomic E-state index is -0.582. The lowest BCUT2D eigenvalue weighted by molar-refractivity contribution is 0.103. The molecule has 2 rings (SSSR count). The molecular formula is C13H11NO3. The molecule has 1 heterocycles. The fourth-order valence-electron chi connectivity index (χ4n) is 1.56. The van der Waals surface area contributed by atoms with Gasteiger partial charge in [0, 0.05) is 17.3 Å². The van der Waals surface area contributed by atoms with Crippen LogP contribution in [0.4, 0.5) is 0 Å². The zero-order valence-corrected chi connectivity index (χ0v) is 9.23. The molecule has 0 spiro atoms. The van der Waals surface area contributed by atoms with Crippen LogP contribution >= 0.6 is 0 Å². The number of nitrogens with one attached hydrogen (secondary N) is 1. The number of hydrogen-bond acceptors (Lipinski definition) is 3. The average Bonchev–Trinajstić information content (AvgIpc) is 2.35. The minimum absolute atomic E-state index is 0.212. The summed E-state index contributed by atoms with van der Waals surface area (Å²) in [6.45, 7) is 1.62. The zero-order chi connectivity index (χ0) is 12.4. The molecule has 0 saturated carbocycles. The molecule has 17 heavy (non-hydrogen) atoms. The molecular weight excluding hydrogens is 218 g/mol. The number of aryl methyl sites for hydroxylation is 1. The van der Waals surface area contributed by atoms with Gasteiger partial charge < -0.3 is 10.1 Å². The van der Waals surface area contributed by atoms with E-state index in [9.17, 15) is 14.7 Å². The summed E-state index contributed by atoms with van der Waals surface area (Å²) in [4.78, 5) is 26.1. The number of pyridine rings is 1. The van der Waals surface area contributed by atoms with Crippen molar-refractivity contribution in [3.63, 3.8) is 0 Å². The van der Waals surface area contributed by atoms with Gasteiger partial charge in [-0.15, -0.1) is 0 Å². The van der Waals surface area contributed by atoms with Crippen molar-refractivity contribution in [3.05, 3.63) is 63.6 Å². The summed E-state index contributed by atoms with van der Waals surface area (Å²) in [6.07, 6.45) is 1.37. The second-order valence-electron chi connectivity index (χ2n) is 3.72. The summed E-state index contributed by atoms with van der Waals surface area (Å²) in [5.74, 6) is -0.740. The number of aromatic hydroxyl groups is 1. The molecule has 0 radical (unpaired) electrons. The van der Waals surface area contributed by atoms with Crippen molar-refractivity contribution >= 4 is 5.78 Å². The van der Waals surface area contributed by atoms with E-state index in [1.807, 2.05) is 0 Å². The lowest BCUT2D eigenvalue weighted by atomic mass is 10.0. The van der Waals surface area contributed by atoms with E-state index in [1.54, 1.807) is 37.3 Å². The van der Waals surface area contributed by atoms with Gasteiger partial charge in [-0.2, -0.15) is 0 Å². The van der Waals surface area contributed by atoms with Crippen LogP contribution in [0.25, 0.3) is 0 Å². The van der Waals surface area contributed by atoms with Gasteiger partial charge in [-0.1, -0.05) is 30.3 Å². The number of H-pyrrole nitrogens is 1. The number of carbonyl (C=O) groups excluding carboxylic acids is 1. The third-order valence-corrected chi connectivity index (χ3v) is 2.52. The highest BCUT2D eigenvalue weighted by Crippen LogP contribution is 2.19. The highest BCUT2D eigenvalue weighted by atomic mass is 16.3. The van der Waals surface area contributed by atoms with Crippen LogP contribution in [0.1, 0.15) is 21.5 Å². The van der Waals surface area contributed by atoms with Crippen molar-refractivity contribution < 1.29 is 9.90 Å². The van der Waals surface area contributed by atoms with Gasteiger partial charge >= 0.3 is 0 Å². The number of hydrogen-bond donors (Lipinski definition) is 2. The quantitative estimate of drug-likeness (QED) is 0.769. The molecule has 1 aromatic carbocycles. The Hall–Kier alpha value is -2.36. The first-order chi connectivity index (χ1) is 8.11. The van der Waals surface area contributed by atoms with Crippen molar-refractivity contribution in [3.8, 4) is 5.75 Å². The molecule has 86 valence electrons. The van der Waals surface area contributed by atoms with Gasteiger partial charge in [0.2, 0.25) is 5.78 Å². The Balaban J connectivity index is 2.60. The van der Waals surface area contributed by atoms with Gasteiger partial charge in [0.25, 0.3) is 5.56 Å². The van der Waals surface area contributed by atoms with E-state index in [-0.39, 0.29) is 11.3 Å². The Morgan fingerprint density at radius 3 is 2.53 bits per heavy atom. The number of ketones is 1. The highest BCUT2D eigenvalue weighted by Gasteiger charge is 2.18. The Morgan fingerprint density at radius 2 is 1.88 bits per heavy atom. The SMILES string of the molecule is Cc1c[nH]c(=O)c(C(=O)c2ccccc2)c1O. The summed E-state index contributed by atoms with van der Waals surface area (Å²) < 4.78 is 0. The van der Waals surface area contributed by atoms with Gasteiger partial charge in [0.05, 0.1) is 0 Å². The Kier molecular flexibility index (Phi) is 2.78. The molecule has 0 aliphatic heterocycles. The van der Waals surface area contributed by atoms with Crippen LogP contribution in [-0.4, -0.2) is 15.9 Å². The predicted molar refractivity (Wildman–Crippen MR) is 63.3 cm³/mol. The van der Waals surface area contributed by atoms with Gasteiger partial charge in [0.1, 0.15) is 11.3 Å². The van der Waals surface area contributed by atoms with Crippen molar-refractivity contribution in [1.82, 2.24) is 4.98 Å². The predicted octanol–water partition coefficient (Wildman–Crippen LogP) is 1.62. The monoisotopic (exact) mass is 229 g/mol. The zero-order valence-electron chi connectivity index (χ0n) is 9.23. The first kappa shape index (κ1) is 11.1. The molecule has 0 amide bonds. The summed E-state index contributed by atoms with van der Waals surface area (Å²) in [5.41, 5.74) is 0.0425. The maximum Gasteiger partial charge on any atom is 0.263 e. The summed E-state index contributed by atoms with van der Waals surface area (Å²) in [6, 6.07) is 8.38. The van der Waals surface area contributed by atoms with Gasteiger partial charge in [-0.3, -0.25) is 9.59 Å². The van der Waals surface area contributed by atoms with Crippen LogP contribution in [0.2, 0.25) is 0 Å². The lowest BCUT2D eigenvalue weighted by Crippen LogP contribution is -2.18. The van der Waals surface area contributed by atoms with E-state index in [2.05, 4.69) is 4.98 Å². The Labute approximate surface area is 97.6 Å². The van der Waals surface area contributed by atoms with Crippen LogP contribution in [-0.2, 0) is 0 Å². The molecule has 2 aromatic rings. The van der Waals surface area contributed by atoms with Crippen molar-refractivity contribution in [1.29, 1.82) is 0 Å². The Bertz CT molecular complexity index is 614. The van der Waals surface area contributed by atoms with Crippen molar-refractivity contribution in [2.24, 2.45) is 0 Å². The maximum atomic E-state index is 12.1. The third kappa shape index (κ3) is 1.97. The van der Waals surface area contributed by atoms with E-state index < -0.39 is 11.3 Å². The third-order valence-electron chi connectivity index (χ3n) is 2.52. The smallest absolute Gasteiger partial charge is 0.263 e. The molecule has 1 aromatic heterocycles. The molecule has 0 saturated heterocycles. The number of carbonyl (C=O) groups is 1. The first-order valence-electron chi connectivity index (χ1n) is 5.12. The number of aromatic nitrogens is 1. The summed E-state index contributed by atoms with van der Waals surface area (Å²) >= 11 is 0. The first-order valence-corrected chi connectivity index (χ1v) is 5.12. The van der Waals surface area contributed by atoms with E-state index in [0.717, 1.165) is 0 Å². The van der Waals surface area contributed by atoms with Crippen LogP contribution in [0.15, 0.2) is 41.3 Å². The van der Waals surface area contributed by atoms with E-state index >= 15 is 0 Å². The number of rotatable bonds is 2. The lowest BCUT2D eigenvalue weighted by Gasteiger charge is -2.04. The van der Waals surface area contributed by atoms with Gasteiger partial charge in [-0.25, -0.2) is 0 Å². The molecule has 0 atom stereocenters. The minimum Gasteiger partial charge on any atom is -0.507 e. The second-order valence-corrected chi connectivity index (χ2v) is 3.72. The van der Waals surface area contributed by atoms with Crippen LogP contribution in [0.3, 0.4) is 0 Å². The van der Waals surface area contributed by atoms with Crippen molar-refractivity contribution in [2.75, 3.05) is 0 Å². The summed E-state index contributed by atoms with van der Waals surface area (Å²) in [7, 11) is 0. The topological polar surface area (TPSA) is 70.2 Å². The number of aromatic amines is 1. The van der Waals surface area contributed by atoms with Gasteiger partial charge in [0.15, 0.2) is 0 Å². The van der Waals surface area contributed by atoms with Crippen LogP contribution in [0, 0.1) is 6.92 Å². The largest absolute Gasteiger partial charge is 0.507 e. The molecule has 0 aliphatic carbocycles. The van der Waals surface area contributed by atoms with Gasteiger partial charge in [-0.05, 0) is 6.92 Å². The molecule has 0 bridgehead atoms. The molecule has 0 fully saturated rings. The van der Waals surface area contributed by atoms with Crippen LogP contribution in [0.5, 0.6) is 5.75 Å². The molecule has 4 heteroatoms. The Morgan fingerprint density at radius 1 is 1.24 bits per heavy atom. The molecule has 4 nitrogen and oxygen atoms in total. The number of benzene rings is 1. The maximum absolute atomic E-state index is 12.1. The average molecular weight is 229 g/mol. The second kappa shape index (κ2) is 4.25. The normalized spacial score (nSPS) is 10.2. The van der Waals surface area contributed by atoms with E-state index in [1.165, 1.54) is 6.20 Å². The van der Waals surface area contributed by atoms with E-state index in [4.69, 9.17) is 0 Å². The molecule has 2 N–H and O–H groups in total. The van der Waals surface area contributed by atoms with Crippen LogP contribution < -0.4 is 5.56 Å². The van der Waals surface area contributed by atoms with Crippen molar-refractivity contribution in [2.45, 2.75) is 6.92 Å². The summed E-state index contributed by atoms with van der Waals surface area (Å²) in [5, 5.41) is 9.77. The standard InChI is InChI=1S/C13H11NO3/c1-8-7-14-13(17)10(11(8)15)12(16)9-5-3-2-4-6-9/h2-7H,1H3,(H2,14,15,17). The fraction of sp³-hybridized carbons (Fsp3) is 0.0769. The van der Waals surface area contributed by atoms with E-state index in [0.29, 0.717) is 11.1 Å². The fourth-order valence-corrected chi connectivity index (χ4v) is 1.56. The molecule has 0 aliphatic rings. The molecule has 0 unspecified atom stereocenters.